The van der Waals surface area contributed by atoms with Crippen molar-refractivity contribution in [3.05, 3.63) is 97.8 Å². The quantitative estimate of drug-likeness (QED) is 0.261. The minimum atomic E-state index is 0.0653. The number of hydrazone groups is 1. The first-order valence-electron chi connectivity index (χ1n) is 10.6. The number of aryl methyl sites for hydroxylation is 1. The van der Waals surface area contributed by atoms with Crippen LogP contribution in [0.3, 0.4) is 0 Å². The topological polar surface area (TPSA) is 41.4 Å². The Hall–Kier alpha value is -3.06. The zero-order chi connectivity index (χ0) is 22.4. The highest BCUT2D eigenvalue weighted by atomic mass is 35.5. The second-order valence-electron chi connectivity index (χ2n) is 7.96. The van der Waals surface area contributed by atoms with Gasteiger partial charge < -0.3 is 0 Å². The van der Waals surface area contributed by atoms with E-state index in [2.05, 4.69) is 48.0 Å². The molecule has 4 nitrogen and oxygen atoms in total. The molecule has 7 heteroatoms. The first kappa shape index (κ1) is 20.5. The predicted molar refractivity (Wildman–Crippen MR) is 140 cm³/mol. The summed E-state index contributed by atoms with van der Waals surface area (Å²) in [5.74, 6) is 0.605. The monoisotopic (exact) mass is 486 g/mol. The fourth-order valence-corrected chi connectivity index (χ4v) is 6.13. The molecule has 3 aromatic heterocycles. The molecule has 0 saturated heterocycles. The maximum absolute atomic E-state index is 6.34. The van der Waals surface area contributed by atoms with Crippen LogP contribution >= 0.6 is 34.3 Å². The van der Waals surface area contributed by atoms with Gasteiger partial charge in [0.2, 0.25) is 5.95 Å². The van der Waals surface area contributed by atoms with E-state index in [1.807, 2.05) is 41.4 Å². The highest BCUT2D eigenvalue weighted by Crippen LogP contribution is 2.41. The molecule has 1 aliphatic heterocycles. The minimum absolute atomic E-state index is 0.0653. The molecular weight excluding hydrogens is 468 g/mol. The number of halogens is 1. The third-order valence-electron chi connectivity index (χ3n) is 5.82. The van der Waals surface area contributed by atoms with Crippen LogP contribution < -0.4 is 5.01 Å². The Bertz CT molecular complexity index is 1480. The average molecular weight is 487 g/mol. The number of rotatable bonds is 4. The molecule has 0 N–H and O–H groups in total. The van der Waals surface area contributed by atoms with E-state index in [0.29, 0.717) is 11.0 Å². The molecule has 0 radical (unpaired) electrons. The van der Waals surface area contributed by atoms with Gasteiger partial charge in [-0.1, -0.05) is 48.0 Å². The summed E-state index contributed by atoms with van der Waals surface area (Å²) in [5, 5.41) is 12.9. The van der Waals surface area contributed by atoms with Crippen molar-refractivity contribution in [2.75, 3.05) is 5.01 Å². The van der Waals surface area contributed by atoms with Gasteiger partial charge in [0.05, 0.1) is 27.8 Å². The maximum atomic E-state index is 6.34. The van der Waals surface area contributed by atoms with E-state index in [-0.39, 0.29) is 6.04 Å². The lowest BCUT2D eigenvalue weighted by atomic mass is 10.1. The molecule has 0 fully saturated rings. The van der Waals surface area contributed by atoms with Crippen LogP contribution in [0.25, 0.3) is 22.2 Å². The van der Waals surface area contributed by atoms with Crippen molar-refractivity contribution in [1.82, 2.24) is 9.97 Å². The van der Waals surface area contributed by atoms with Crippen molar-refractivity contribution in [2.45, 2.75) is 19.4 Å². The Morgan fingerprint density at radius 3 is 2.58 bits per heavy atom. The highest BCUT2D eigenvalue weighted by molar-refractivity contribution is 7.12. The molecule has 2 aromatic carbocycles. The molecule has 5 aromatic rings. The summed E-state index contributed by atoms with van der Waals surface area (Å²) in [6, 6.07) is 22.4. The summed E-state index contributed by atoms with van der Waals surface area (Å²) in [7, 11) is 0. The zero-order valence-corrected chi connectivity index (χ0v) is 20.2. The van der Waals surface area contributed by atoms with Gasteiger partial charge in [0.25, 0.3) is 0 Å². The fourth-order valence-electron chi connectivity index (χ4n) is 4.22. The second-order valence-corrected chi connectivity index (χ2v) is 10.3. The second kappa shape index (κ2) is 8.37. The maximum Gasteiger partial charge on any atom is 0.247 e. The standard InChI is InChI=1S/C26H19ClN4S2/c1-16-11-13-33-25(16)22-15-21(23-8-5-12-32-23)30-31(22)26-28-20-10-9-18(27)14-19(20)24(29-26)17-6-3-2-4-7-17/h2-14,22H,15H2,1H3. The van der Waals surface area contributed by atoms with Gasteiger partial charge >= 0.3 is 0 Å². The van der Waals surface area contributed by atoms with Crippen molar-refractivity contribution < 1.29 is 0 Å². The van der Waals surface area contributed by atoms with Crippen molar-refractivity contribution in [3.63, 3.8) is 0 Å². The molecule has 6 rings (SSSR count). The van der Waals surface area contributed by atoms with Gasteiger partial charge in [0, 0.05) is 27.3 Å². The van der Waals surface area contributed by atoms with Gasteiger partial charge in [-0.2, -0.15) is 5.10 Å². The van der Waals surface area contributed by atoms with Crippen LogP contribution in [0.4, 0.5) is 5.95 Å². The first-order chi connectivity index (χ1) is 16.2. The number of benzene rings is 2. The van der Waals surface area contributed by atoms with Crippen LogP contribution in [0.15, 0.2) is 82.6 Å². The molecule has 4 heterocycles. The lowest BCUT2D eigenvalue weighted by Gasteiger charge is -2.22. The highest BCUT2D eigenvalue weighted by Gasteiger charge is 2.34. The Morgan fingerprint density at radius 1 is 0.939 bits per heavy atom. The number of fused-ring (bicyclic) bond motifs is 1. The number of thiophene rings is 2. The smallest absolute Gasteiger partial charge is 0.223 e. The summed E-state index contributed by atoms with van der Waals surface area (Å²) in [6.45, 7) is 2.16. The van der Waals surface area contributed by atoms with Gasteiger partial charge in [0.15, 0.2) is 0 Å². The van der Waals surface area contributed by atoms with Crippen LogP contribution in [0.2, 0.25) is 5.02 Å². The van der Waals surface area contributed by atoms with E-state index in [9.17, 15) is 0 Å². The Labute approximate surface area is 204 Å². The fraction of sp³-hybridized carbons (Fsp3) is 0.115. The number of aromatic nitrogens is 2. The number of hydrogen-bond donors (Lipinski definition) is 0. The summed E-state index contributed by atoms with van der Waals surface area (Å²) in [4.78, 5) is 12.5. The summed E-state index contributed by atoms with van der Waals surface area (Å²) in [5.41, 5.74) is 5.08. The van der Waals surface area contributed by atoms with Crippen LogP contribution in [0, 0.1) is 6.92 Å². The van der Waals surface area contributed by atoms with Crippen LogP contribution in [-0.2, 0) is 0 Å². The van der Waals surface area contributed by atoms with Crippen LogP contribution in [0.5, 0.6) is 0 Å². The molecule has 162 valence electrons. The molecule has 0 aliphatic carbocycles. The summed E-state index contributed by atoms with van der Waals surface area (Å²) >= 11 is 9.83. The zero-order valence-electron chi connectivity index (χ0n) is 17.8. The molecule has 0 bridgehead atoms. The van der Waals surface area contributed by atoms with E-state index in [0.717, 1.165) is 34.3 Å². The number of nitrogens with zero attached hydrogens (tertiary/aromatic N) is 4. The van der Waals surface area contributed by atoms with E-state index in [1.165, 1.54) is 15.3 Å². The normalized spacial score (nSPS) is 15.9. The van der Waals surface area contributed by atoms with Gasteiger partial charge in [-0.05, 0) is 53.6 Å². The molecule has 1 unspecified atom stereocenters. The Balaban J connectivity index is 1.56. The molecule has 0 spiro atoms. The SMILES string of the molecule is Cc1ccsc1C1CC(c2cccs2)=NN1c1nc(-c2ccccc2)c2cc(Cl)ccc2n1. The lowest BCUT2D eigenvalue weighted by Crippen LogP contribution is -2.21. The minimum Gasteiger partial charge on any atom is -0.223 e. The van der Waals surface area contributed by atoms with Crippen LogP contribution in [-0.4, -0.2) is 15.7 Å². The summed E-state index contributed by atoms with van der Waals surface area (Å²) < 4.78 is 0. The van der Waals surface area contributed by atoms with Gasteiger partial charge in [0.1, 0.15) is 0 Å². The van der Waals surface area contributed by atoms with Crippen LogP contribution in [0.1, 0.15) is 27.8 Å². The van der Waals surface area contributed by atoms with E-state index < -0.39 is 0 Å². The first-order valence-corrected chi connectivity index (χ1v) is 12.8. The van der Waals surface area contributed by atoms with E-state index in [1.54, 1.807) is 22.7 Å². The van der Waals surface area contributed by atoms with Crippen molar-refractivity contribution in [1.29, 1.82) is 0 Å². The molecule has 33 heavy (non-hydrogen) atoms. The molecule has 1 aliphatic rings. The molecule has 1 atom stereocenters. The third kappa shape index (κ3) is 3.74. The van der Waals surface area contributed by atoms with E-state index >= 15 is 0 Å². The molecule has 0 saturated carbocycles. The molecular formula is C26H19ClN4S2. The van der Waals surface area contributed by atoms with Crippen molar-refractivity contribution in [3.8, 4) is 11.3 Å². The molecule has 0 amide bonds. The number of hydrogen-bond acceptors (Lipinski definition) is 6. The Morgan fingerprint density at radius 2 is 1.82 bits per heavy atom. The average Bonchev–Trinajstić information content (AvgIpc) is 3.59. The summed E-state index contributed by atoms with van der Waals surface area (Å²) in [6.07, 6.45) is 0.824. The van der Waals surface area contributed by atoms with Gasteiger partial charge in [-0.25, -0.2) is 15.0 Å². The van der Waals surface area contributed by atoms with Crippen molar-refractivity contribution in [2.24, 2.45) is 5.10 Å². The number of anilines is 1. The Kier molecular flexibility index (Phi) is 5.21. The largest absolute Gasteiger partial charge is 0.247 e. The van der Waals surface area contributed by atoms with Gasteiger partial charge in [-0.15, -0.1) is 22.7 Å². The van der Waals surface area contributed by atoms with Gasteiger partial charge in [-0.3, -0.25) is 0 Å². The lowest BCUT2D eigenvalue weighted by molar-refractivity contribution is 0.697. The third-order valence-corrected chi connectivity index (χ3v) is 8.09. The predicted octanol–water partition coefficient (Wildman–Crippen LogP) is 7.74. The van der Waals surface area contributed by atoms with Crippen molar-refractivity contribution >= 4 is 56.8 Å². The van der Waals surface area contributed by atoms with E-state index in [4.69, 9.17) is 26.7 Å².